The van der Waals surface area contributed by atoms with Crippen LogP contribution in [0.25, 0.3) is 33.5 Å². The Labute approximate surface area is 162 Å². The third-order valence-corrected chi connectivity index (χ3v) is 4.78. The number of rotatable bonds is 7. The Kier molecular flexibility index (Phi) is 4.93. The number of hydrogen-bond donors (Lipinski definition) is 3. The molecule has 0 aliphatic carbocycles. The van der Waals surface area contributed by atoms with Gasteiger partial charge in [0.2, 0.25) is 0 Å². The predicted molar refractivity (Wildman–Crippen MR) is 109 cm³/mol. The van der Waals surface area contributed by atoms with Gasteiger partial charge < -0.3 is 20.7 Å². The van der Waals surface area contributed by atoms with E-state index in [1.165, 1.54) is 0 Å². The van der Waals surface area contributed by atoms with E-state index in [2.05, 4.69) is 20.0 Å². The number of pyridine rings is 1. The summed E-state index contributed by atoms with van der Waals surface area (Å²) in [6.45, 7) is 3.54. The minimum absolute atomic E-state index is 0.398. The van der Waals surface area contributed by atoms with Crippen LogP contribution in [-0.2, 0) is 7.05 Å². The highest BCUT2D eigenvalue weighted by molar-refractivity contribution is 5.94. The summed E-state index contributed by atoms with van der Waals surface area (Å²) in [4.78, 5) is 19.3. The first-order valence-corrected chi connectivity index (χ1v) is 9.33. The van der Waals surface area contributed by atoms with Crippen LogP contribution >= 0.6 is 0 Å². The molecule has 0 aromatic carbocycles. The quantitative estimate of drug-likeness (QED) is 0.443. The molecule has 9 heteroatoms. The molecule has 4 heterocycles. The molecular formula is C19H24N8O. The lowest BCUT2D eigenvalue weighted by molar-refractivity contribution is 0.186. The molecule has 0 fully saturated rings. The SMILES string of the molecule is CC(O)CCN(CCN)c1nc(-c2c[nH]c3ncccc23)nc2c1cnn2C. The first-order valence-electron chi connectivity index (χ1n) is 9.33. The molecule has 0 saturated carbocycles. The van der Waals surface area contributed by atoms with Crippen LogP contribution in [0.5, 0.6) is 0 Å². The summed E-state index contributed by atoms with van der Waals surface area (Å²) in [5.41, 5.74) is 8.27. The van der Waals surface area contributed by atoms with Crippen LogP contribution in [0.3, 0.4) is 0 Å². The van der Waals surface area contributed by atoms with Crippen LogP contribution in [0.15, 0.2) is 30.7 Å². The smallest absolute Gasteiger partial charge is 0.166 e. The van der Waals surface area contributed by atoms with E-state index in [1.54, 1.807) is 24.0 Å². The fourth-order valence-electron chi connectivity index (χ4n) is 3.33. The fraction of sp³-hybridized carbons (Fsp3) is 0.368. The van der Waals surface area contributed by atoms with Crippen LogP contribution in [0, 0.1) is 0 Å². The van der Waals surface area contributed by atoms with Gasteiger partial charge in [0.15, 0.2) is 11.5 Å². The average Bonchev–Trinajstić information content (AvgIpc) is 3.28. The average molecular weight is 380 g/mol. The first kappa shape index (κ1) is 18.3. The second-order valence-corrected chi connectivity index (χ2v) is 6.89. The lowest BCUT2D eigenvalue weighted by Gasteiger charge is -2.24. The Hall–Kier alpha value is -3.04. The summed E-state index contributed by atoms with van der Waals surface area (Å²) in [7, 11) is 1.86. The van der Waals surface area contributed by atoms with Crippen molar-refractivity contribution in [2.45, 2.75) is 19.4 Å². The highest BCUT2D eigenvalue weighted by Crippen LogP contribution is 2.30. The Bertz CT molecular complexity index is 1100. The predicted octanol–water partition coefficient (Wildman–Crippen LogP) is 1.44. The van der Waals surface area contributed by atoms with Crippen molar-refractivity contribution in [1.29, 1.82) is 0 Å². The molecule has 0 spiro atoms. The molecule has 4 N–H and O–H groups in total. The summed E-state index contributed by atoms with van der Waals surface area (Å²) in [6.07, 6.45) is 5.63. The third kappa shape index (κ3) is 3.30. The van der Waals surface area contributed by atoms with Gasteiger partial charge in [0.05, 0.1) is 17.7 Å². The zero-order chi connectivity index (χ0) is 19.7. The number of aromatic amines is 1. The molecule has 4 aromatic heterocycles. The Morgan fingerprint density at radius 2 is 2.14 bits per heavy atom. The third-order valence-electron chi connectivity index (χ3n) is 4.78. The van der Waals surface area contributed by atoms with Crippen molar-refractivity contribution in [1.82, 2.24) is 29.7 Å². The van der Waals surface area contributed by atoms with Crippen molar-refractivity contribution in [3.05, 3.63) is 30.7 Å². The lowest BCUT2D eigenvalue weighted by atomic mass is 10.2. The van der Waals surface area contributed by atoms with Crippen molar-refractivity contribution in [3.8, 4) is 11.4 Å². The number of aliphatic hydroxyl groups excluding tert-OH is 1. The Balaban J connectivity index is 1.88. The first-order chi connectivity index (χ1) is 13.6. The minimum atomic E-state index is -0.398. The number of nitrogens with zero attached hydrogens (tertiary/aromatic N) is 6. The van der Waals surface area contributed by atoms with E-state index in [-0.39, 0.29) is 0 Å². The van der Waals surface area contributed by atoms with Gasteiger partial charge in [0, 0.05) is 50.0 Å². The van der Waals surface area contributed by atoms with Crippen molar-refractivity contribution in [2.75, 3.05) is 24.5 Å². The molecule has 9 nitrogen and oxygen atoms in total. The van der Waals surface area contributed by atoms with Crippen molar-refractivity contribution in [2.24, 2.45) is 12.8 Å². The summed E-state index contributed by atoms with van der Waals surface area (Å²) < 4.78 is 1.74. The van der Waals surface area contributed by atoms with E-state index in [0.29, 0.717) is 31.9 Å². The normalized spacial score (nSPS) is 12.7. The van der Waals surface area contributed by atoms with E-state index < -0.39 is 6.10 Å². The molecule has 1 atom stereocenters. The van der Waals surface area contributed by atoms with Crippen molar-refractivity contribution in [3.63, 3.8) is 0 Å². The van der Waals surface area contributed by atoms with Gasteiger partial charge in [-0.3, -0.25) is 4.68 Å². The van der Waals surface area contributed by atoms with Crippen LogP contribution in [-0.4, -0.2) is 60.6 Å². The molecule has 0 bridgehead atoms. The largest absolute Gasteiger partial charge is 0.393 e. The Morgan fingerprint density at radius 1 is 1.29 bits per heavy atom. The monoisotopic (exact) mass is 380 g/mol. The van der Waals surface area contributed by atoms with Gasteiger partial charge in [-0.05, 0) is 25.5 Å². The number of H-pyrrole nitrogens is 1. The highest BCUT2D eigenvalue weighted by atomic mass is 16.3. The van der Waals surface area contributed by atoms with E-state index in [4.69, 9.17) is 15.7 Å². The van der Waals surface area contributed by atoms with Gasteiger partial charge in [-0.25, -0.2) is 15.0 Å². The summed E-state index contributed by atoms with van der Waals surface area (Å²) >= 11 is 0. The van der Waals surface area contributed by atoms with Gasteiger partial charge in [-0.15, -0.1) is 0 Å². The number of aliphatic hydroxyl groups is 1. The maximum Gasteiger partial charge on any atom is 0.166 e. The van der Waals surface area contributed by atoms with Crippen LogP contribution in [0.2, 0.25) is 0 Å². The lowest BCUT2D eigenvalue weighted by Crippen LogP contribution is -2.32. The molecule has 4 rings (SSSR count). The molecule has 146 valence electrons. The number of fused-ring (bicyclic) bond motifs is 2. The molecular weight excluding hydrogens is 356 g/mol. The summed E-state index contributed by atoms with van der Waals surface area (Å²) in [5.74, 6) is 1.38. The molecule has 0 radical (unpaired) electrons. The van der Waals surface area contributed by atoms with Gasteiger partial charge >= 0.3 is 0 Å². The van der Waals surface area contributed by atoms with E-state index in [0.717, 1.165) is 33.4 Å². The maximum atomic E-state index is 9.74. The van der Waals surface area contributed by atoms with Gasteiger partial charge in [0.1, 0.15) is 11.5 Å². The van der Waals surface area contributed by atoms with E-state index >= 15 is 0 Å². The second-order valence-electron chi connectivity index (χ2n) is 6.89. The minimum Gasteiger partial charge on any atom is -0.393 e. The molecule has 0 aliphatic heterocycles. The summed E-state index contributed by atoms with van der Waals surface area (Å²) in [5, 5.41) is 15.9. The zero-order valence-corrected chi connectivity index (χ0v) is 16.0. The van der Waals surface area contributed by atoms with Gasteiger partial charge in [-0.2, -0.15) is 5.10 Å². The topological polar surface area (TPSA) is 122 Å². The number of nitrogens with two attached hydrogens (primary N) is 1. The molecule has 0 saturated heterocycles. The molecule has 0 amide bonds. The van der Waals surface area contributed by atoms with Crippen molar-refractivity contribution >= 4 is 27.9 Å². The van der Waals surface area contributed by atoms with Crippen LogP contribution in [0.1, 0.15) is 13.3 Å². The number of aromatic nitrogens is 6. The molecule has 0 aliphatic rings. The molecule has 4 aromatic rings. The van der Waals surface area contributed by atoms with Gasteiger partial charge in [0.25, 0.3) is 0 Å². The summed E-state index contributed by atoms with van der Waals surface area (Å²) in [6, 6.07) is 3.89. The van der Waals surface area contributed by atoms with E-state index in [1.807, 2.05) is 25.4 Å². The zero-order valence-electron chi connectivity index (χ0n) is 16.0. The number of nitrogens with one attached hydrogen (secondary N) is 1. The number of hydrogen-bond acceptors (Lipinski definition) is 7. The van der Waals surface area contributed by atoms with Crippen LogP contribution < -0.4 is 10.6 Å². The van der Waals surface area contributed by atoms with Crippen LogP contribution in [0.4, 0.5) is 5.82 Å². The van der Waals surface area contributed by atoms with E-state index in [9.17, 15) is 5.11 Å². The second kappa shape index (κ2) is 7.53. The maximum absolute atomic E-state index is 9.74. The van der Waals surface area contributed by atoms with Gasteiger partial charge in [-0.1, -0.05) is 0 Å². The highest BCUT2D eigenvalue weighted by Gasteiger charge is 2.19. The standard InChI is InChI=1S/C19H24N8O/c1-12(28)5-8-27(9-6-20)19-15-11-23-26(2)18(15)24-17(25-19)14-10-22-16-13(14)4-3-7-21-16/h3-4,7,10-12,28H,5-6,8-9,20H2,1-2H3,(H,21,22). The Morgan fingerprint density at radius 3 is 2.93 bits per heavy atom. The molecule has 1 unspecified atom stereocenters. The fourth-order valence-corrected chi connectivity index (χ4v) is 3.33. The molecule has 28 heavy (non-hydrogen) atoms. The number of aryl methyl sites for hydroxylation is 1. The number of anilines is 1. The van der Waals surface area contributed by atoms with Crippen molar-refractivity contribution < 1.29 is 5.11 Å².